The molecule has 0 bridgehead atoms. The van der Waals surface area contributed by atoms with E-state index in [2.05, 4.69) is 0 Å². The van der Waals surface area contributed by atoms with Crippen LogP contribution < -0.4 is 0 Å². The molecule has 0 spiro atoms. The second kappa shape index (κ2) is 7.04. The van der Waals surface area contributed by atoms with Crippen molar-refractivity contribution >= 4 is 5.97 Å². The number of ether oxygens (including phenoxy) is 2. The summed E-state index contributed by atoms with van der Waals surface area (Å²) in [6.45, 7) is 2.86. The van der Waals surface area contributed by atoms with Gasteiger partial charge in [0.05, 0.1) is 25.7 Å². The molecule has 1 rings (SSSR count). The molecule has 4 heteroatoms. The molecule has 0 aromatic heterocycles. The third-order valence-corrected chi connectivity index (χ3v) is 2.38. The lowest BCUT2D eigenvalue weighted by Crippen LogP contribution is -2.15. The molecule has 0 fully saturated rings. The lowest BCUT2D eigenvalue weighted by atomic mass is 10.1. The molecule has 0 saturated heterocycles. The number of methoxy groups -OCH3 is 1. The van der Waals surface area contributed by atoms with E-state index in [-0.39, 0.29) is 12.5 Å². The summed E-state index contributed by atoms with van der Waals surface area (Å²) in [7, 11) is 1.62. The zero-order chi connectivity index (χ0) is 12.7. The van der Waals surface area contributed by atoms with Crippen LogP contribution >= 0.6 is 0 Å². The van der Waals surface area contributed by atoms with Crippen molar-refractivity contribution in [3.63, 3.8) is 0 Å². The predicted octanol–water partition coefficient (Wildman–Crippen LogP) is 1.87. The van der Waals surface area contributed by atoms with Crippen molar-refractivity contribution in [2.45, 2.75) is 26.1 Å². The zero-order valence-electron chi connectivity index (χ0n) is 10.2. The maximum atomic E-state index is 10.7. The van der Waals surface area contributed by atoms with Gasteiger partial charge in [0, 0.05) is 7.11 Å². The van der Waals surface area contributed by atoms with E-state index >= 15 is 0 Å². The third-order valence-electron chi connectivity index (χ3n) is 2.38. The highest BCUT2D eigenvalue weighted by molar-refractivity contribution is 5.70. The van der Waals surface area contributed by atoms with E-state index < -0.39 is 5.97 Å². The predicted molar refractivity (Wildman–Crippen MR) is 63.9 cm³/mol. The summed E-state index contributed by atoms with van der Waals surface area (Å²) >= 11 is 0. The smallest absolute Gasteiger partial charge is 0.307 e. The quantitative estimate of drug-likeness (QED) is 0.787. The topological polar surface area (TPSA) is 55.8 Å². The van der Waals surface area contributed by atoms with Gasteiger partial charge in [0.25, 0.3) is 0 Å². The fourth-order valence-electron chi connectivity index (χ4n) is 1.55. The molecule has 0 radical (unpaired) electrons. The van der Waals surface area contributed by atoms with Crippen LogP contribution in [-0.2, 0) is 27.3 Å². The average molecular weight is 238 g/mol. The second-order valence-electron chi connectivity index (χ2n) is 3.92. The molecule has 1 aromatic rings. The molecular weight excluding hydrogens is 220 g/mol. The fourth-order valence-corrected chi connectivity index (χ4v) is 1.55. The van der Waals surface area contributed by atoms with Crippen LogP contribution in [0.3, 0.4) is 0 Å². The van der Waals surface area contributed by atoms with Gasteiger partial charge < -0.3 is 14.6 Å². The van der Waals surface area contributed by atoms with Crippen LogP contribution in [0.2, 0.25) is 0 Å². The van der Waals surface area contributed by atoms with Gasteiger partial charge in [0.1, 0.15) is 0 Å². The fraction of sp³-hybridized carbons (Fsp3) is 0.462. The van der Waals surface area contributed by atoms with Crippen molar-refractivity contribution in [2.75, 3.05) is 13.7 Å². The van der Waals surface area contributed by atoms with E-state index in [1.54, 1.807) is 7.11 Å². The monoisotopic (exact) mass is 238 g/mol. The molecule has 1 N–H and O–H groups in total. The van der Waals surface area contributed by atoms with Crippen molar-refractivity contribution < 1.29 is 19.4 Å². The number of hydrogen-bond donors (Lipinski definition) is 1. The van der Waals surface area contributed by atoms with Crippen molar-refractivity contribution in [3.8, 4) is 0 Å². The SMILES string of the molecule is COCC(C)OCc1ccccc1CC(=O)O. The van der Waals surface area contributed by atoms with Crippen LogP contribution in [0.15, 0.2) is 24.3 Å². The first-order valence-corrected chi connectivity index (χ1v) is 5.52. The molecule has 1 atom stereocenters. The molecule has 4 nitrogen and oxygen atoms in total. The summed E-state index contributed by atoms with van der Waals surface area (Å²) in [5.41, 5.74) is 1.71. The molecule has 0 aliphatic heterocycles. The number of hydrogen-bond acceptors (Lipinski definition) is 3. The maximum Gasteiger partial charge on any atom is 0.307 e. The van der Waals surface area contributed by atoms with Gasteiger partial charge in [-0.1, -0.05) is 24.3 Å². The summed E-state index contributed by atoms with van der Waals surface area (Å²) in [5, 5.41) is 8.79. The molecule has 0 heterocycles. The largest absolute Gasteiger partial charge is 0.481 e. The van der Waals surface area contributed by atoms with Crippen LogP contribution in [0, 0.1) is 0 Å². The Labute approximate surface area is 101 Å². The molecule has 94 valence electrons. The third kappa shape index (κ3) is 4.97. The van der Waals surface area contributed by atoms with Crippen molar-refractivity contribution in [1.82, 2.24) is 0 Å². The summed E-state index contributed by atoms with van der Waals surface area (Å²) in [6.07, 6.45) is 0.0240. The number of carboxylic acids is 1. The van der Waals surface area contributed by atoms with Gasteiger partial charge in [-0.15, -0.1) is 0 Å². The number of benzene rings is 1. The van der Waals surface area contributed by atoms with E-state index in [4.69, 9.17) is 14.6 Å². The lowest BCUT2D eigenvalue weighted by molar-refractivity contribution is -0.136. The Hall–Kier alpha value is -1.39. The van der Waals surface area contributed by atoms with Gasteiger partial charge in [-0.3, -0.25) is 4.79 Å². The first-order chi connectivity index (χ1) is 8.13. The van der Waals surface area contributed by atoms with Gasteiger partial charge in [0.15, 0.2) is 0 Å². The minimum Gasteiger partial charge on any atom is -0.481 e. The van der Waals surface area contributed by atoms with Crippen LogP contribution in [0.4, 0.5) is 0 Å². The number of rotatable bonds is 7. The van der Waals surface area contributed by atoms with Gasteiger partial charge in [-0.2, -0.15) is 0 Å². The Bertz CT molecular complexity index is 362. The van der Waals surface area contributed by atoms with E-state index in [1.807, 2.05) is 31.2 Å². The highest BCUT2D eigenvalue weighted by Crippen LogP contribution is 2.12. The Kier molecular flexibility index (Phi) is 5.66. The minimum absolute atomic E-state index is 0.00196. The average Bonchev–Trinajstić information content (AvgIpc) is 2.27. The summed E-state index contributed by atoms with van der Waals surface area (Å²) in [5.74, 6) is -0.831. The second-order valence-corrected chi connectivity index (χ2v) is 3.92. The maximum absolute atomic E-state index is 10.7. The molecule has 0 amide bonds. The van der Waals surface area contributed by atoms with Crippen LogP contribution in [0.5, 0.6) is 0 Å². The first-order valence-electron chi connectivity index (χ1n) is 5.52. The lowest BCUT2D eigenvalue weighted by Gasteiger charge is -2.13. The van der Waals surface area contributed by atoms with E-state index in [0.29, 0.717) is 13.2 Å². The van der Waals surface area contributed by atoms with E-state index in [9.17, 15) is 4.79 Å². The molecule has 1 aromatic carbocycles. The number of carboxylic acid groups (broad SMARTS) is 1. The summed E-state index contributed by atoms with van der Waals surface area (Å²) in [6, 6.07) is 7.41. The Morgan fingerprint density at radius 1 is 1.35 bits per heavy atom. The van der Waals surface area contributed by atoms with Crippen molar-refractivity contribution in [1.29, 1.82) is 0 Å². The molecule has 0 aliphatic rings. The van der Waals surface area contributed by atoms with Crippen LogP contribution in [0.1, 0.15) is 18.1 Å². The molecule has 0 saturated carbocycles. The number of aliphatic carboxylic acids is 1. The summed E-state index contributed by atoms with van der Waals surface area (Å²) < 4.78 is 10.5. The Morgan fingerprint density at radius 2 is 2.00 bits per heavy atom. The number of carbonyl (C=O) groups is 1. The Balaban J connectivity index is 2.60. The van der Waals surface area contributed by atoms with E-state index in [1.165, 1.54) is 0 Å². The zero-order valence-corrected chi connectivity index (χ0v) is 10.2. The molecular formula is C13H18O4. The van der Waals surface area contributed by atoms with Gasteiger partial charge in [-0.05, 0) is 18.1 Å². The summed E-state index contributed by atoms with van der Waals surface area (Å²) in [4.78, 5) is 10.7. The van der Waals surface area contributed by atoms with Crippen LogP contribution in [0.25, 0.3) is 0 Å². The van der Waals surface area contributed by atoms with Gasteiger partial charge in [-0.25, -0.2) is 0 Å². The van der Waals surface area contributed by atoms with Gasteiger partial charge in [0.2, 0.25) is 0 Å². The highest BCUT2D eigenvalue weighted by atomic mass is 16.5. The van der Waals surface area contributed by atoms with E-state index in [0.717, 1.165) is 11.1 Å². The van der Waals surface area contributed by atoms with Crippen molar-refractivity contribution in [2.24, 2.45) is 0 Å². The molecule has 0 aliphatic carbocycles. The minimum atomic E-state index is -0.831. The first kappa shape index (κ1) is 13.7. The molecule has 17 heavy (non-hydrogen) atoms. The highest BCUT2D eigenvalue weighted by Gasteiger charge is 2.08. The van der Waals surface area contributed by atoms with Crippen LogP contribution in [-0.4, -0.2) is 30.9 Å². The Morgan fingerprint density at radius 3 is 2.59 bits per heavy atom. The normalized spacial score (nSPS) is 12.4. The standard InChI is InChI=1S/C13H18O4/c1-10(8-16-2)17-9-12-6-4-3-5-11(12)7-13(14)15/h3-6,10H,7-9H2,1-2H3,(H,14,15). The molecule has 1 unspecified atom stereocenters. The van der Waals surface area contributed by atoms with Gasteiger partial charge >= 0.3 is 5.97 Å². The van der Waals surface area contributed by atoms with Crippen molar-refractivity contribution in [3.05, 3.63) is 35.4 Å².